The van der Waals surface area contributed by atoms with Crippen molar-refractivity contribution >= 4 is 22.0 Å². The van der Waals surface area contributed by atoms with Gasteiger partial charge in [0, 0.05) is 12.1 Å². The van der Waals surface area contributed by atoms with Crippen LogP contribution in [0.3, 0.4) is 0 Å². The molecular formula is C13H17BrFNO3. The average Bonchev–Trinajstić information content (AvgIpc) is 2.28. The fraction of sp³-hybridized carbons (Fsp3) is 0.462. The van der Waals surface area contributed by atoms with Gasteiger partial charge in [-0.1, -0.05) is 6.07 Å². The van der Waals surface area contributed by atoms with Crippen LogP contribution in [0.5, 0.6) is 5.75 Å². The zero-order valence-electron chi connectivity index (χ0n) is 11.3. The van der Waals surface area contributed by atoms with Crippen molar-refractivity contribution in [3.8, 4) is 5.75 Å². The first-order chi connectivity index (χ1) is 8.74. The Morgan fingerprint density at radius 3 is 2.58 bits per heavy atom. The predicted molar refractivity (Wildman–Crippen MR) is 73.7 cm³/mol. The molecule has 0 unspecified atom stereocenters. The second-order valence-electron chi connectivity index (χ2n) is 4.91. The van der Waals surface area contributed by atoms with E-state index in [1.807, 2.05) is 0 Å². The van der Waals surface area contributed by atoms with E-state index in [2.05, 4.69) is 21.2 Å². The lowest BCUT2D eigenvalue weighted by Gasteiger charge is -2.20. The molecule has 0 bridgehead atoms. The molecule has 1 N–H and O–H groups in total. The van der Waals surface area contributed by atoms with Crippen LogP contribution in [-0.4, -0.2) is 18.8 Å². The zero-order chi connectivity index (χ0) is 14.6. The molecule has 1 aromatic carbocycles. The normalized spacial score (nSPS) is 11.1. The third-order valence-electron chi connectivity index (χ3n) is 2.16. The molecule has 4 nitrogen and oxygen atoms in total. The van der Waals surface area contributed by atoms with Gasteiger partial charge in [-0.25, -0.2) is 9.18 Å². The van der Waals surface area contributed by atoms with Gasteiger partial charge in [-0.2, -0.15) is 0 Å². The van der Waals surface area contributed by atoms with Gasteiger partial charge in [-0.15, -0.1) is 0 Å². The molecule has 19 heavy (non-hydrogen) atoms. The Balaban J connectivity index is 2.73. The number of hydrogen-bond donors (Lipinski definition) is 1. The molecule has 0 radical (unpaired) electrons. The van der Waals surface area contributed by atoms with Crippen molar-refractivity contribution in [2.75, 3.05) is 7.11 Å². The fourth-order valence-corrected chi connectivity index (χ4v) is 1.73. The molecule has 0 atom stereocenters. The number of benzene rings is 1. The molecular weight excluding hydrogens is 317 g/mol. The molecule has 0 aliphatic carbocycles. The Hall–Kier alpha value is -1.30. The van der Waals surface area contributed by atoms with Crippen molar-refractivity contribution in [3.63, 3.8) is 0 Å². The smallest absolute Gasteiger partial charge is 0.407 e. The van der Waals surface area contributed by atoms with Crippen LogP contribution in [0.15, 0.2) is 16.6 Å². The summed E-state index contributed by atoms with van der Waals surface area (Å²) in [6.45, 7) is 5.44. The van der Waals surface area contributed by atoms with Crippen LogP contribution in [0.1, 0.15) is 26.3 Å². The van der Waals surface area contributed by atoms with Crippen LogP contribution in [0, 0.1) is 5.82 Å². The topological polar surface area (TPSA) is 47.6 Å². The zero-order valence-corrected chi connectivity index (χ0v) is 12.9. The van der Waals surface area contributed by atoms with Crippen LogP contribution in [-0.2, 0) is 11.3 Å². The highest BCUT2D eigenvalue weighted by Gasteiger charge is 2.17. The lowest BCUT2D eigenvalue weighted by atomic mass is 10.2. The van der Waals surface area contributed by atoms with Gasteiger partial charge in [0.2, 0.25) is 0 Å². The fourth-order valence-electron chi connectivity index (χ4n) is 1.41. The lowest BCUT2D eigenvalue weighted by Crippen LogP contribution is -2.32. The number of carbonyl (C=O) groups is 1. The number of nitrogens with one attached hydrogen (secondary N) is 1. The monoisotopic (exact) mass is 333 g/mol. The lowest BCUT2D eigenvalue weighted by molar-refractivity contribution is 0.0523. The van der Waals surface area contributed by atoms with Gasteiger partial charge in [0.25, 0.3) is 0 Å². The minimum atomic E-state index is -0.570. The third-order valence-corrected chi connectivity index (χ3v) is 2.77. The van der Waals surface area contributed by atoms with Crippen LogP contribution < -0.4 is 10.1 Å². The first kappa shape index (κ1) is 15.8. The molecule has 0 aromatic heterocycles. The highest BCUT2D eigenvalue weighted by atomic mass is 79.9. The van der Waals surface area contributed by atoms with Gasteiger partial charge in [-0.05, 0) is 42.8 Å². The molecule has 1 aromatic rings. The number of methoxy groups -OCH3 is 1. The van der Waals surface area contributed by atoms with Gasteiger partial charge in [0.15, 0.2) is 11.6 Å². The van der Waals surface area contributed by atoms with Crippen molar-refractivity contribution in [2.45, 2.75) is 32.9 Å². The average molecular weight is 334 g/mol. The third kappa shape index (κ3) is 4.70. The highest BCUT2D eigenvalue weighted by Crippen LogP contribution is 2.28. The molecule has 6 heteroatoms. The number of hydrogen-bond acceptors (Lipinski definition) is 3. The minimum absolute atomic E-state index is 0.102. The maximum Gasteiger partial charge on any atom is 0.407 e. The maximum atomic E-state index is 13.7. The molecule has 0 spiro atoms. The van der Waals surface area contributed by atoms with E-state index < -0.39 is 17.5 Å². The highest BCUT2D eigenvalue weighted by molar-refractivity contribution is 9.10. The van der Waals surface area contributed by atoms with E-state index in [0.29, 0.717) is 10.0 Å². The molecule has 0 saturated carbocycles. The second-order valence-corrected chi connectivity index (χ2v) is 5.76. The van der Waals surface area contributed by atoms with Crippen molar-refractivity contribution in [1.82, 2.24) is 5.32 Å². The summed E-state index contributed by atoms with van der Waals surface area (Å²) in [5.41, 5.74) is -0.0341. The summed E-state index contributed by atoms with van der Waals surface area (Å²) in [7, 11) is 1.38. The van der Waals surface area contributed by atoms with Crippen LogP contribution in [0.4, 0.5) is 9.18 Å². The molecule has 0 aliphatic rings. The molecule has 0 saturated heterocycles. The number of carbonyl (C=O) groups excluding carboxylic acids is 1. The van der Waals surface area contributed by atoms with Crippen LogP contribution >= 0.6 is 15.9 Å². The summed E-state index contributed by atoms with van der Waals surface area (Å²) in [5.74, 6) is -0.392. The van der Waals surface area contributed by atoms with Gasteiger partial charge in [0.1, 0.15) is 5.60 Å². The first-order valence-corrected chi connectivity index (χ1v) is 6.51. The van der Waals surface area contributed by atoms with E-state index in [-0.39, 0.29) is 12.3 Å². The van der Waals surface area contributed by atoms with Crippen molar-refractivity contribution in [2.24, 2.45) is 0 Å². The van der Waals surface area contributed by atoms with E-state index in [4.69, 9.17) is 9.47 Å². The summed E-state index contributed by atoms with van der Waals surface area (Å²) in [6.07, 6.45) is -0.558. The number of ether oxygens (including phenoxy) is 2. The van der Waals surface area contributed by atoms with Gasteiger partial charge < -0.3 is 14.8 Å². The predicted octanol–water partition coefficient (Wildman–Crippen LogP) is 3.62. The Morgan fingerprint density at radius 2 is 2.05 bits per heavy atom. The van der Waals surface area contributed by atoms with Crippen LogP contribution in [0.2, 0.25) is 0 Å². The number of alkyl carbamates (subject to hydrolysis) is 1. The molecule has 106 valence electrons. The van der Waals surface area contributed by atoms with Gasteiger partial charge >= 0.3 is 6.09 Å². The molecule has 0 heterocycles. The minimum Gasteiger partial charge on any atom is -0.493 e. The van der Waals surface area contributed by atoms with E-state index in [1.165, 1.54) is 7.11 Å². The van der Waals surface area contributed by atoms with E-state index in [1.54, 1.807) is 32.9 Å². The number of rotatable bonds is 3. The summed E-state index contributed by atoms with van der Waals surface area (Å²) < 4.78 is 24.1. The Bertz CT molecular complexity index is 472. The summed E-state index contributed by atoms with van der Waals surface area (Å²) in [5, 5.41) is 2.55. The molecule has 0 aliphatic heterocycles. The van der Waals surface area contributed by atoms with Crippen molar-refractivity contribution < 1.29 is 18.7 Å². The molecule has 0 fully saturated rings. The van der Waals surface area contributed by atoms with Crippen molar-refractivity contribution in [3.05, 3.63) is 28.0 Å². The summed E-state index contributed by atoms with van der Waals surface area (Å²) >= 11 is 3.07. The Kier molecular flexibility index (Phi) is 5.17. The van der Waals surface area contributed by atoms with E-state index >= 15 is 0 Å². The SMILES string of the molecule is COc1c(CNC(=O)OC(C)(C)C)ccc(Br)c1F. The number of amides is 1. The summed E-state index contributed by atoms with van der Waals surface area (Å²) in [4.78, 5) is 11.5. The standard InChI is InChI=1S/C13H17BrFNO3/c1-13(2,3)19-12(17)16-7-8-5-6-9(14)10(15)11(8)18-4/h5-6H,7H2,1-4H3,(H,16,17). The Morgan fingerprint density at radius 1 is 1.42 bits per heavy atom. The quantitative estimate of drug-likeness (QED) is 0.918. The largest absolute Gasteiger partial charge is 0.493 e. The van der Waals surface area contributed by atoms with E-state index in [0.717, 1.165) is 0 Å². The van der Waals surface area contributed by atoms with E-state index in [9.17, 15) is 9.18 Å². The first-order valence-electron chi connectivity index (χ1n) is 5.72. The van der Waals surface area contributed by atoms with Gasteiger partial charge in [-0.3, -0.25) is 0 Å². The Labute approximate surface area is 120 Å². The maximum absolute atomic E-state index is 13.7. The summed E-state index contributed by atoms with van der Waals surface area (Å²) in [6, 6.07) is 3.23. The van der Waals surface area contributed by atoms with Crippen LogP contribution in [0.25, 0.3) is 0 Å². The second kappa shape index (κ2) is 6.23. The molecule has 1 rings (SSSR count). The van der Waals surface area contributed by atoms with Gasteiger partial charge in [0.05, 0.1) is 11.6 Å². The van der Waals surface area contributed by atoms with Crippen molar-refractivity contribution in [1.29, 1.82) is 0 Å². The molecule has 1 amide bonds. The number of halogens is 2.